The quantitative estimate of drug-likeness (QED) is 0.362. The fourth-order valence-electron chi connectivity index (χ4n) is 3.73. The van der Waals surface area contributed by atoms with E-state index in [1.807, 2.05) is 18.3 Å². The minimum absolute atomic E-state index is 0.00119. The first-order chi connectivity index (χ1) is 15.6. The van der Waals surface area contributed by atoms with Crippen molar-refractivity contribution in [3.05, 3.63) is 59.2 Å². The molecule has 11 nitrogen and oxygen atoms in total. The van der Waals surface area contributed by atoms with Crippen LogP contribution in [-0.2, 0) is 4.79 Å². The number of carbonyl (C=O) groups excluding carboxylic acids is 1. The second kappa shape index (κ2) is 8.30. The molecule has 4 heterocycles. The van der Waals surface area contributed by atoms with Crippen molar-refractivity contribution in [1.29, 1.82) is 0 Å². The highest BCUT2D eigenvalue weighted by atomic mass is 32.1. The summed E-state index contributed by atoms with van der Waals surface area (Å²) in [6, 6.07) is 8.15. The Morgan fingerprint density at radius 1 is 1.25 bits per heavy atom. The van der Waals surface area contributed by atoms with E-state index < -0.39 is 4.92 Å². The van der Waals surface area contributed by atoms with Crippen LogP contribution in [0.1, 0.15) is 12.8 Å². The van der Waals surface area contributed by atoms with E-state index >= 15 is 0 Å². The number of anilines is 2. The second-order valence-electron chi connectivity index (χ2n) is 7.39. The number of hydrogen-bond donors (Lipinski definition) is 1. The van der Waals surface area contributed by atoms with Crippen LogP contribution < -0.4 is 10.2 Å². The third kappa shape index (κ3) is 3.99. The highest BCUT2D eigenvalue weighted by molar-refractivity contribution is 7.22. The van der Waals surface area contributed by atoms with Gasteiger partial charge in [0, 0.05) is 43.7 Å². The molecule has 5 rings (SSSR count). The molecule has 32 heavy (non-hydrogen) atoms. The van der Waals surface area contributed by atoms with Crippen LogP contribution in [0.3, 0.4) is 0 Å². The summed E-state index contributed by atoms with van der Waals surface area (Å²) in [6.45, 7) is 1.32. The first kappa shape index (κ1) is 20.0. The molecule has 1 N–H and O–H groups in total. The first-order valence-corrected chi connectivity index (χ1v) is 10.8. The van der Waals surface area contributed by atoms with Crippen LogP contribution >= 0.6 is 11.3 Å². The molecule has 1 amide bonds. The van der Waals surface area contributed by atoms with Crippen molar-refractivity contribution in [2.24, 2.45) is 5.92 Å². The molecule has 1 aliphatic rings. The van der Waals surface area contributed by atoms with Crippen LogP contribution in [-0.4, -0.2) is 48.7 Å². The summed E-state index contributed by atoms with van der Waals surface area (Å²) < 4.78 is 2.32. The number of piperidine rings is 1. The number of fused-ring (bicyclic) bond motifs is 1. The Morgan fingerprint density at radius 2 is 2.12 bits per heavy atom. The monoisotopic (exact) mass is 450 g/mol. The summed E-state index contributed by atoms with van der Waals surface area (Å²) in [4.78, 5) is 38.5. The van der Waals surface area contributed by atoms with Gasteiger partial charge in [0.1, 0.15) is 12.1 Å². The third-order valence-electron chi connectivity index (χ3n) is 5.31. The molecular weight excluding hydrogens is 432 g/mol. The number of aromatic nitrogens is 5. The van der Waals surface area contributed by atoms with Crippen molar-refractivity contribution >= 4 is 44.1 Å². The van der Waals surface area contributed by atoms with E-state index in [-0.39, 0.29) is 17.5 Å². The van der Waals surface area contributed by atoms with E-state index in [1.165, 1.54) is 29.8 Å². The molecule has 1 unspecified atom stereocenters. The number of nitro groups is 1. The maximum absolute atomic E-state index is 12.9. The predicted molar refractivity (Wildman–Crippen MR) is 119 cm³/mol. The van der Waals surface area contributed by atoms with Gasteiger partial charge in [0.25, 0.3) is 5.69 Å². The molecule has 1 saturated heterocycles. The molecule has 3 aromatic heterocycles. The Morgan fingerprint density at radius 3 is 2.94 bits per heavy atom. The summed E-state index contributed by atoms with van der Waals surface area (Å²) in [5, 5.41) is 18.5. The minimum Gasteiger partial charge on any atom is -0.356 e. The van der Waals surface area contributed by atoms with Gasteiger partial charge in [-0.3, -0.25) is 14.9 Å². The summed E-state index contributed by atoms with van der Waals surface area (Å²) in [7, 11) is 0. The molecule has 1 atom stereocenters. The van der Waals surface area contributed by atoms with E-state index in [4.69, 9.17) is 0 Å². The maximum Gasteiger partial charge on any atom is 0.270 e. The number of nitrogens with one attached hydrogen (secondary N) is 1. The number of rotatable bonds is 5. The van der Waals surface area contributed by atoms with Gasteiger partial charge in [0.05, 0.1) is 21.1 Å². The fourth-order valence-corrected chi connectivity index (χ4v) is 4.63. The SMILES string of the molecule is O=C(Nc1nc2ccc([N+](=O)[O-])cc2s1)C1CCCN(c2cc(-n3cccn3)ncn2)C1. The number of hydrogen-bond acceptors (Lipinski definition) is 9. The van der Waals surface area contributed by atoms with Gasteiger partial charge in [-0.05, 0) is 25.0 Å². The van der Waals surface area contributed by atoms with Crippen LogP contribution in [0.25, 0.3) is 16.0 Å². The summed E-state index contributed by atoms with van der Waals surface area (Å²) in [5.41, 5.74) is 0.620. The van der Waals surface area contributed by atoms with E-state index in [0.717, 1.165) is 25.2 Å². The van der Waals surface area contributed by atoms with E-state index in [9.17, 15) is 14.9 Å². The molecule has 0 aliphatic carbocycles. The number of amides is 1. The lowest BCUT2D eigenvalue weighted by atomic mass is 9.97. The maximum atomic E-state index is 12.9. The zero-order valence-electron chi connectivity index (χ0n) is 16.8. The third-order valence-corrected chi connectivity index (χ3v) is 6.24. The predicted octanol–water partition coefficient (Wildman–Crippen LogP) is 3.04. The van der Waals surface area contributed by atoms with Gasteiger partial charge in [0.2, 0.25) is 5.91 Å². The van der Waals surface area contributed by atoms with Gasteiger partial charge >= 0.3 is 0 Å². The molecular formula is C20H18N8O3S. The van der Waals surface area contributed by atoms with Gasteiger partial charge in [0.15, 0.2) is 10.9 Å². The Labute approximate surface area is 185 Å². The highest BCUT2D eigenvalue weighted by Gasteiger charge is 2.27. The van der Waals surface area contributed by atoms with Crippen LogP contribution in [0.2, 0.25) is 0 Å². The summed E-state index contributed by atoms with van der Waals surface area (Å²) in [5.74, 6) is 1.06. The van der Waals surface area contributed by atoms with Gasteiger partial charge < -0.3 is 10.2 Å². The Kier molecular flexibility index (Phi) is 5.19. The number of nitrogens with zero attached hydrogens (tertiary/aromatic N) is 7. The molecule has 0 saturated carbocycles. The van der Waals surface area contributed by atoms with Crippen molar-refractivity contribution in [3.8, 4) is 5.82 Å². The average Bonchev–Trinajstić information content (AvgIpc) is 3.48. The van der Waals surface area contributed by atoms with Crippen LogP contribution in [0.5, 0.6) is 0 Å². The molecule has 162 valence electrons. The van der Waals surface area contributed by atoms with Crippen molar-refractivity contribution in [3.63, 3.8) is 0 Å². The molecule has 1 aromatic carbocycles. The molecule has 1 aliphatic heterocycles. The van der Waals surface area contributed by atoms with Crippen molar-refractivity contribution < 1.29 is 9.72 Å². The summed E-state index contributed by atoms with van der Waals surface area (Å²) >= 11 is 1.23. The topological polar surface area (TPSA) is 132 Å². The highest BCUT2D eigenvalue weighted by Crippen LogP contribution is 2.30. The summed E-state index contributed by atoms with van der Waals surface area (Å²) in [6.07, 6.45) is 6.60. The Bertz CT molecular complexity index is 1290. The van der Waals surface area contributed by atoms with E-state index in [0.29, 0.717) is 27.7 Å². The largest absolute Gasteiger partial charge is 0.356 e. The molecule has 4 aromatic rings. The van der Waals surface area contributed by atoms with Gasteiger partial charge in [-0.15, -0.1) is 0 Å². The molecule has 0 bridgehead atoms. The van der Waals surface area contributed by atoms with Crippen LogP contribution in [0.4, 0.5) is 16.6 Å². The van der Waals surface area contributed by atoms with Gasteiger partial charge in [-0.1, -0.05) is 11.3 Å². The zero-order chi connectivity index (χ0) is 22.1. The lowest BCUT2D eigenvalue weighted by Crippen LogP contribution is -2.41. The molecule has 0 radical (unpaired) electrons. The smallest absolute Gasteiger partial charge is 0.270 e. The Balaban J connectivity index is 1.29. The van der Waals surface area contributed by atoms with Gasteiger partial charge in [-0.2, -0.15) is 5.10 Å². The Hall–Kier alpha value is -3.93. The second-order valence-corrected chi connectivity index (χ2v) is 8.42. The normalized spacial score (nSPS) is 16.2. The molecule has 1 fully saturated rings. The lowest BCUT2D eigenvalue weighted by molar-refractivity contribution is -0.384. The van der Waals surface area contributed by atoms with Crippen molar-refractivity contribution in [2.75, 3.05) is 23.3 Å². The molecule has 12 heteroatoms. The average molecular weight is 450 g/mol. The minimum atomic E-state index is -0.445. The zero-order valence-corrected chi connectivity index (χ0v) is 17.6. The lowest BCUT2D eigenvalue weighted by Gasteiger charge is -2.32. The number of benzene rings is 1. The standard InChI is InChI=1S/C20H18N8O3S/c29-19(25-20-24-15-5-4-14(28(30)31)9-16(15)32-20)13-3-1-7-26(11-13)17-10-18(22-12-21-17)27-8-2-6-23-27/h2,4-6,8-10,12-13H,1,3,7,11H2,(H,24,25,29). The van der Waals surface area contributed by atoms with E-state index in [2.05, 4.69) is 30.3 Å². The van der Waals surface area contributed by atoms with Gasteiger partial charge in [-0.25, -0.2) is 19.6 Å². The number of nitro benzene ring substituents is 1. The van der Waals surface area contributed by atoms with Crippen molar-refractivity contribution in [1.82, 2.24) is 24.7 Å². The molecule has 0 spiro atoms. The first-order valence-electron chi connectivity index (χ1n) is 10.00. The number of carbonyl (C=O) groups is 1. The van der Waals surface area contributed by atoms with Crippen LogP contribution in [0.15, 0.2) is 49.1 Å². The number of thiazole rings is 1. The number of non-ortho nitro benzene ring substituents is 1. The fraction of sp³-hybridized carbons (Fsp3) is 0.250. The van der Waals surface area contributed by atoms with Crippen molar-refractivity contribution in [2.45, 2.75) is 12.8 Å². The van der Waals surface area contributed by atoms with E-state index in [1.54, 1.807) is 16.9 Å². The van der Waals surface area contributed by atoms with Crippen LogP contribution in [0, 0.1) is 16.0 Å².